The molecular weight excluding hydrogens is 204 g/mol. The van der Waals surface area contributed by atoms with Crippen LogP contribution in [0.15, 0.2) is 42.5 Å². The quantitative estimate of drug-likeness (QED) is 0.755. The maximum absolute atomic E-state index is 10.5. The van der Waals surface area contributed by atoms with Crippen molar-refractivity contribution in [2.24, 2.45) is 0 Å². The first-order valence-electron chi connectivity index (χ1n) is 4.78. The predicted octanol–water partition coefficient (Wildman–Crippen LogP) is 2.58. The fourth-order valence-corrected chi connectivity index (χ4v) is 1.51. The van der Waals surface area contributed by atoms with Crippen molar-refractivity contribution in [1.82, 2.24) is 0 Å². The van der Waals surface area contributed by atoms with Gasteiger partial charge in [-0.25, -0.2) is 0 Å². The number of aldehydes is 1. The molecule has 0 fully saturated rings. The average Bonchev–Trinajstić information content (AvgIpc) is 2.29. The molecule has 3 nitrogen and oxygen atoms in total. The van der Waals surface area contributed by atoms with Gasteiger partial charge in [0.15, 0.2) is 6.29 Å². The molecule has 0 atom stereocenters. The van der Waals surface area contributed by atoms with E-state index in [1.165, 1.54) is 6.07 Å². The number of phenols is 2. The Balaban J connectivity index is 2.49. The molecule has 2 N–H and O–H groups in total. The Hall–Kier alpha value is -2.29. The highest BCUT2D eigenvalue weighted by molar-refractivity contribution is 5.81. The lowest BCUT2D eigenvalue weighted by Crippen LogP contribution is -1.83. The summed E-state index contributed by atoms with van der Waals surface area (Å²) in [5, 5.41) is 18.9. The minimum Gasteiger partial charge on any atom is -0.508 e. The molecule has 0 amide bonds. The van der Waals surface area contributed by atoms with Gasteiger partial charge in [0.1, 0.15) is 11.5 Å². The zero-order chi connectivity index (χ0) is 11.5. The number of phenolic OH excluding ortho intramolecular Hbond substituents is 2. The number of rotatable bonds is 2. The standard InChI is InChI=1S/C13H10O3/c14-8-11-5-4-10(7-13(11)16)9-2-1-3-12(15)6-9/h1-8,15-16H. The van der Waals surface area contributed by atoms with Gasteiger partial charge in [-0.1, -0.05) is 18.2 Å². The van der Waals surface area contributed by atoms with Gasteiger partial charge in [-0.2, -0.15) is 0 Å². The van der Waals surface area contributed by atoms with Crippen molar-refractivity contribution in [3.8, 4) is 22.6 Å². The van der Waals surface area contributed by atoms with Gasteiger partial charge in [0, 0.05) is 0 Å². The lowest BCUT2D eigenvalue weighted by Gasteiger charge is -2.04. The summed E-state index contributed by atoms with van der Waals surface area (Å²) in [7, 11) is 0. The van der Waals surface area contributed by atoms with Crippen molar-refractivity contribution in [2.75, 3.05) is 0 Å². The molecule has 2 rings (SSSR count). The van der Waals surface area contributed by atoms with E-state index < -0.39 is 0 Å². The van der Waals surface area contributed by atoms with Crippen molar-refractivity contribution in [2.45, 2.75) is 0 Å². The lowest BCUT2D eigenvalue weighted by atomic mass is 10.0. The summed E-state index contributed by atoms with van der Waals surface area (Å²) < 4.78 is 0. The Labute approximate surface area is 92.6 Å². The van der Waals surface area contributed by atoms with Gasteiger partial charge in [0.05, 0.1) is 5.56 Å². The Morgan fingerprint density at radius 1 is 0.938 bits per heavy atom. The molecule has 0 saturated carbocycles. The van der Waals surface area contributed by atoms with Crippen LogP contribution in [0.1, 0.15) is 10.4 Å². The summed E-state index contributed by atoms with van der Waals surface area (Å²) in [6, 6.07) is 11.5. The van der Waals surface area contributed by atoms with Crippen LogP contribution in [-0.4, -0.2) is 16.5 Å². The van der Waals surface area contributed by atoms with Crippen molar-refractivity contribution in [3.05, 3.63) is 48.0 Å². The minimum atomic E-state index is -0.0594. The molecular formula is C13H10O3. The van der Waals surface area contributed by atoms with E-state index in [-0.39, 0.29) is 17.1 Å². The van der Waals surface area contributed by atoms with Crippen LogP contribution in [0.25, 0.3) is 11.1 Å². The predicted molar refractivity (Wildman–Crippen MR) is 60.6 cm³/mol. The molecule has 0 heterocycles. The number of benzene rings is 2. The fraction of sp³-hybridized carbons (Fsp3) is 0. The van der Waals surface area contributed by atoms with E-state index in [0.717, 1.165) is 11.1 Å². The number of aromatic hydroxyl groups is 2. The third-order valence-corrected chi connectivity index (χ3v) is 2.34. The molecule has 0 saturated heterocycles. The van der Waals surface area contributed by atoms with Crippen molar-refractivity contribution in [3.63, 3.8) is 0 Å². The SMILES string of the molecule is O=Cc1ccc(-c2cccc(O)c2)cc1O. The summed E-state index contributed by atoms with van der Waals surface area (Å²) in [5.74, 6) is 0.104. The van der Waals surface area contributed by atoms with E-state index >= 15 is 0 Å². The van der Waals surface area contributed by atoms with Crippen molar-refractivity contribution < 1.29 is 15.0 Å². The van der Waals surface area contributed by atoms with Crippen LogP contribution >= 0.6 is 0 Å². The zero-order valence-electron chi connectivity index (χ0n) is 8.42. The number of carbonyl (C=O) groups excluding carboxylic acids is 1. The summed E-state index contributed by atoms with van der Waals surface area (Å²) in [6.07, 6.45) is 0.599. The molecule has 3 heteroatoms. The second-order valence-corrected chi connectivity index (χ2v) is 3.44. The third kappa shape index (κ3) is 1.88. The largest absolute Gasteiger partial charge is 0.508 e. The first kappa shape index (κ1) is 10.2. The van der Waals surface area contributed by atoms with Gasteiger partial charge in [0.2, 0.25) is 0 Å². The van der Waals surface area contributed by atoms with Crippen LogP contribution in [0.5, 0.6) is 11.5 Å². The normalized spacial score (nSPS) is 10.0. The summed E-state index contributed by atoms with van der Waals surface area (Å²) in [6.45, 7) is 0. The van der Waals surface area contributed by atoms with Crippen molar-refractivity contribution in [1.29, 1.82) is 0 Å². The lowest BCUT2D eigenvalue weighted by molar-refractivity contribution is 0.112. The first-order chi connectivity index (χ1) is 7.70. The number of hydrogen-bond donors (Lipinski definition) is 2. The van der Waals surface area contributed by atoms with Gasteiger partial charge < -0.3 is 10.2 Å². The molecule has 80 valence electrons. The Kier molecular flexibility index (Phi) is 2.60. The van der Waals surface area contributed by atoms with Gasteiger partial charge in [-0.15, -0.1) is 0 Å². The molecule has 0 spiro atoms. The van der Waals surface area contributed by atoms with E-state index in [2.05, 4.69) is 0 Å². The molecule has 0 bridgehead atoms. The number of hydrogen-bond acceptors (Lipinski definition) is 3. The molecule has 0 radical (unpaired) electrons. The van der Waals surface area contributed by atoms with Gasteiger partial charge in [0.25, 0.3) is 0 Å². The van der Waals surface area contributed by atoms with E-state index in [1.807, 2.05) is 6.07 Å². The zero-order valence-corrected chi connectivity index (χ0v) is 8.42. The average molecular weight is 214 g/mol. The molecule has 16 heavy (non-hydrogen) atoms. The van der Waals surface area contributed by atoms with E-state index in [1.54, 1.807) is 30.3 Å². The third-order valence-electron chi connectivity index (χ3n) is 2.34. The molecule has 0 aliphatic rings. The second-order valence-electron chi connectivity index (χ2n) is 3.44. The maximum Gasteiger partial charge on any atom is 0.153 e. The first-order valence-corrected chi connectivity index (χ1v) is 4.78. The van der Waals surface area contributed by atoms with Gasteiger partial charge in [-0.05, 0) is 35.4 Å². The summed E-state index contributed by atoms with van der Waals surface area (Å²) in [4.78, 5) is 10.5. The van der Waals surface area contributed by atoms with E-state index in [9.17, 15) is 15.0 Å². The Morgan fingerprint density at radius 2 is 1.69 bits per heavy atom. The maximum atomic E-state index is 10.5. The minimum absolute atomic E-state index is 0.0594. The van der Waals surface area contributed by atoms with Gasteiger partial charge in [-0.3, -0.25) is 4.79 Å². The second kappa shape index (κ2) is 4.06. The highest BCUT2D eigenvalue weighted by Crippen LogP contribution is 2.27. The van der Waals surface area contributed by atoms with E-state index in [4.69, 9.17) is 0 Å². The summed E-state index contributed by atoms with van der Waals surface area (Å²) in [5.41, 5.74) is 1.79. The van der Waals surface area contributed by atoms with Crippen LogP contribution in [0.4, 0.5) is 0 Å². The summed E-state index contributed by atoms with van der Waals surface area (Å²) >= 11 is 0. The fourth-order valence-electron chi connectivity index (χ4n) is 1.51. The monoisotopic (exact) mass is 214 g/mol. The van der Waals surface area contributed by atoms with Crippen LogP contribution in [0, 0.1) is 0 Å². The highest BCUT2D eigenvalue weighted by Gasteiger charge is 2.03. The van der Waals surface area contributed by atoms with Crippen LogP contribution < -0.4 is 0 Å². The number of carbonyl (C=O) groups is 1. The molecule has 2 aromatic rings. The van der Waals surface area contributed by atoms with E-state index in [0.29, 0.717) is 6.29 Å². The van der Waals surface area contributed by atoms with Crippen molar-refractivity contribution >= 4 is 6.29 Å². The smallest absolute Gasteiger partial charge is 0.153 e. The van der Waals surface area contributed by atoms with Crippen LogP contribution in [0.2, 0.25) is 0 Å². The van der Waals surface area contributed by atoms with Crippen LogP contribution in [0.3, 0.4) is 0 Å². The molecule has 2 aromatic carbocycles. The topological polar surface area (TPSA) is 57.5 Å². The molecule has 0 unspecified atom stereocenters. The Bertz CT molecular complexity index is 532. The van der Waals surface area contributed by atoms with Crippen LogP contribution in [-0.2, 0) is 0 Å². The Morgan fingerprint density at radius 3 is 2.31 bits per heavy atom. The highest BCUT2D eigenvalue weighted by atomic mass is 16.3. The molecule has 0 aromatic heterocycles. The molecule has 0 aliphatic carbocycles. The van der Waals surface area contributed by atoms with Gasteiger partial charge >= 0.3 is 0 Å². The molecule has 0 aliphatic heterocycles.